The van der Waals surface area contributed by atoms with Crippen molar-refractivity contribution in [3.63, 3.8) is 0 Å². The molecule has 0 saturated carbocycles. The van der Waals surface area contributed by atoms with Gasteiger partial charge in [-0.3, -0.25) is 4.99 Å². The molecule has 12 heteroatoms. The van der Waals surface area contributed by atoms with Crippen molar-refractivity contribution in [1.29, 1.82) is 0 Å². The molecule has 1 aromatic rings. The molecule has 0 aromatic carbocycles. The molecule has 2 heterocycles. The zero-order chi connectivity index (χ0) is 20.1. The number of halogens is 1. The van der Waals surface area contributed by atoms with Gasteiger partial charge in [0.15, 0.2) is 15.8 Å². The minimum Gasteiger partial charge on any atom is -0.356 e. The molecule has 0 spiro atoms. The number of nitrogens with zero attached hydrogens (tertiary/aromatic N) is 2. The maximum absolute atomic E-state index is 12.5. The zero-order valence-electron chi connectivity index (χ0n) is 16.3. The van der Waals surface area contributed by atoms with Crippen LogP contribution in [0.4, 0.5) is 0 Å². The van der Waals surface area contributed by atoms with Gasteiger partial charge < -0.3 is 10.6 Å². The van der Waals surface area contributed by atoms with Crippen LogP contribution in [-0.4, -0.2) is 71.3 Å². The number of sulfonamides is 1. The monoisotopic (exact) mass is 564 g/mol. The van der Waals surface area contributed by atoms with Crippen LogP contribution in [0.5, 0.6) is 0 Å². The number of thiophene rings is 1. The molecule has 1 fully saturated rings. The van der Waals surface area contributed by atoms with Crippen molar-refractivity contribution in [1.82, 2.24) is 14.9 Å². The quantitative estimate of drug-likeness (QED) is 0.280. The van der Waals surface area contributed by atoms with Gasteiger partial charge in [-0.15, -0.1) is 35.3 Å². The third-order valence-electron chi connectivity index (χ3n) is 4.40. The fourth-order valence-electron chi connectivity index (χ4n) is 2.92. The average molecular weight is 565 g/mol. The van der Waals surface area contributed by atoms with Crippen molar-refractivity contribution >= 4 is 61.1 Å². The largest absolute Gasteiger partial charge is 0.356 e. The summed E-state index contributed by atoms with van der Waals surface area (Å²) in [6.45, 7) is 5.13. The Morgan fingerprint density at radius 2 is 2.00 bits per heavy atom. The lowest BCUT2D eigenvalue weighted by molar-refractivity contribution is 0.447. The maximum Gasteiger partial charge on any atom is 0.252 e. The summed E-state index contributed by atoms with van der Waals surface area (Å²) < 4.78 is 49.9. The fraction of sp³-hybridized carbons (Fsp3) is 0.688. The van der Waals surface area contributed by atoms with Crippen LogP contribution in [0.2, 0.25) is 0 Å². The zero-order valence-corrected chi connectivity index (χ0v) is 21.1. The van der Waals surface area contributed by atoms with Gasteiger partial charge in [-0.05, 0) is 25.0 Å². The number of guanidine groups is 1. The van der Waals surface area contributed by atoms with Gasteiger partial charge in [0, 0.05) is 37.6 Å². The summed E-state index contributed by atoms with van der Waals surface area (Å²) in [5.74, 6) is 0.899. The Balaban J connectivity index is 0.00000392. The van der Waals surface area contributed by atoms with E-state index in [0.29, 0.717) is 42.6 Å². The van der Waals surface area contributed by atoms with Gasteiger partial charge in [0.05, 0.1) is 11.5 Å². The van der Waals surface area contributed by atoms with Crippen molar-refractivity contribution in [3.05, 3.63) is 17.0 Å². The van der Waals surface area contributed by atoms with E-state index in [2.05, 4.69) is 15.6 Å². The van der Waals surface area contributed by atoms with Crippen LogP contribution in [0.25, 0.3) is 0 Å². The SMILES string of the molecule is CCN(CC)S(=O)(=O)c1ccc(CCNC(=NC)NC2CCS(=O)(=O)C2)s1.I. The predicted molar refractivity (Wildman–Crippen MR) is 125 cm³/mol. The molecule has 0 bridgehead atoms. The Labute approximate surface area is 189 Å². The normalized spacial score (nSPS) is 19.4. The highest BCUT2D eigenvalue weighted by molar-refractivity contribution is 14.0. The molecule has 1 unspecified atom stereocenters. The lowest BCUT2D eigenvalue weighted by atomic mass is 10.3. The molecule has 0 radical (unpaired) electrons. The van der Waals surface area contributed by atoms with Crippen LogP contribution in [-0.2, 0) is 26.3 Å². The third-order valence-corrected chi connectivity index (χ3v) is 9.83. The number of hydrogen-bond acceptors (Lipinski definition) is 6. The van der Waals surface area contributed by atoms with Gasteiger partial charge in [-0.2, -0.15) is 4.31 Å². The average Bonchev–Trinajstić information content (AvgIpc) is 3.21. The maximum atomic E-state index is 12.5. The van der Waals surface area contributed by atoms with E-state index in [1.807, 2.05) is 19.9 Å². The summed E-state index contributed by atoms with van der Waals surface area (Å²) in [6.07, 6.45) is 1.24. The van der Waals surface area contributed by atoms with Crippen molar-refractivity contribution in [2.45, 2.75) is 36.9 Å². The van der Waals surface area contributed by atoms with Crippen molar-refractivity contribution in [3.8, 4) is 0 Å². The first-order chi connectivity index (χ1) is 12.7. The lowest BCUT2D eigenvalue weighted by Crippen LogP contribution is -2.44. The summed E-state index contributed by atoms with van der Waals surface area (Å²) >= 11 is 1.28. The highest BCUT2D eigenvalue weighted by Crippen LogP contribution is 2.25. The molecule has 1 aliphatic rings. The Kier molecular flexibility index (Phi) is 10.1. The molecule has 2 N–H and O–H groups in total. The molecule has 28 heavy (non-hydrogen) atoms. The molecule has 1 aromatic heterocycles. The molecule has 0 amide bonds. The molecule has 162 valence electrons. The number of nitrogens with one attached hydrogen (secondary N) is 2. The van der Waals surface area contributed by atoms with Gasteiger partial charge in [0.1, 0.15) is 4.21 Å². The van der Waals surface area contributed by atoms with Crippen LogP contribution in [0.1, 0.15) is 25.1 Å². The second-order valence-electron chi connectivity index (χ2n) is 6.30. The third kappa shape index (κ3) is 6.82. The Morgan fingerprint density at radius 3 is 2.54 bits per heavy atom. The summed E-state index contributed by atoms with van der Waals surface area (Å²) in [5.41, 5.74) is 0. The highest BCUT2D eigenvalue weighted by atomic mass is 127. The molecule has 1 saturated heterocycles. The first-order valence-electron chi connectivity index (χ1n) is 8.98. The van der Waals surface area contributed by atoms with Gasteiger partial charge in [0.2, 0.25) is 0 Å². The minimum absolute atomic E-state index is 0. The molecule has 1 atom stereocenters. The van der Waals surface area contributed by atoms with E-state index in [9.17, 15) is 16.8 Å². The van der Waals surface area contributed by atoms with E-state index in [4.69, 9.17) is 0 Å². The highest BCUT2D eigenvalue weighted by Gasteiger charge is 2.28. The Bertz CT molecular complexity index is 864. The van der Waals surface area contributed by atoms with E-state index < -0.39 is 19.9 Å². The minimum atomic E-state index is -3.41. The van der Waals surface area contributed by atoms with Gasteiger partial charge >= 0.3 is 0 Å². The van der Waals surface area contributed by atoms with E-state index in [-0.39, 0.29) is 41.5 Å². The van der Waals surface area contributed by atoms with Gasteiger partial charge in [-0.25, -0.2) is 16.8 Å². The smallest absolute Gasteiger partial charge is 0.252 e. The van der Waals surface area contributed by atoms with E-state index >= 15 is 0 Å². The summed E-state index contributed by atoms with van der Waals surface area (Å²) in [4.78, 5) is 5.09. The van der Waals surface area contributed by atoms with Crippen LogP contribution in [0.3, 0.4) is 0 Å². The molecule has 1 aliphatic heterocycles. The Hall–Kier alpha value is -0.440. The predicted octanol–water partition coefficient (Wildman–Crippen LogP) is 1.29. The van der Waals surface area contributed by atoms with Crippen LogP contribution in [0, 0.1) is 0 Å². The summed E-state index contributed by atoms with van der Waals surface area (Å²) in [6, 6.07) is 3.38. The Morgan fingerprint density at radius 1 is 1.32 bits per heavy atom. The van der Waals surface area contributed by atoms with Crippen molar-refractivity contribution in [2.75, 3.05) is 38.2 Å². The van der Waals surface area contributed by atoms with Gasteiger partial charge in [-0.1, -0.05) is 13.8 Å². The second-order valence-corrected chi connectivity index (χ2v) is 11.9. The second kappa shape index (κ2) is 11.1. The fourth-order valence-corrected chi connectivity index (χ4v) is 7.56. The standard InChI is InChI=1S/C16H28N4O4S3.HI/c1-4-20(5-2)27(23,24)15-7-6-14(25-15)8-10-18-16(17-3)19-13-9-11-26(21,22)12-13;/h6-7,13H,4-5,8-12H2,1-3H3,(H2,17,18,19);1H. The topological polar surface area (TPSA) is 108 Å². The summed E-state index contributed by atoms with van der Waals surface area (Å²) in [7, 11) is -4.72. The summed E-state index contributed by atoms with van der Waals surface area (Å²) in [5, 5.41) is 6.28. The number of hydrogen-bond donors (Lipinski definition) is 2. The first-order valence-corrected chi connectivity index (χ1v) is 13.1. The molecular weight excluding hydrogens is 535 g/mol. The van der Waals surface area contributed by atoms with Crippen LogP contribution >= 0.6 is 35.3 Å². The number of aliphatic imine (C=N–C) groups is 1. The molecule has 0 aliphatic carbocycles. The van der Waals surface area contributed by atoms with E-state index in [1.54, 1.807) is 13.1 Å². The van der Waals surface area contributed by atoms with Gasteiger partial charge in [0.25, 0.3) is 10.0 Å². The molecular formula is C16H29IN4O4S3. The van der Waals surface area contributed by atoms with E-state index in [0.717, 1.165) is 4.88 Å². The number of rotatable bonds is 8. The number of sulfone groups is 1. The van der Waals surface area contributed by atoms with Crippen molar-refractivity contribution < 1.29 is 16.8 Å². The van der Waals surface area contributed by atoms with E-state index in [1.165, 1.54) is 15.6 Å². The van der Waals surface area contributed by atoms with Crippen LogP contribution in [0.15, 0.2) is 21.3 Å². The molecule has 2 rings (SSSR count). The first kappa shape index (κ1) is 25.6. The lowest BCUT2D eigenvalue weighted by Gasteiger charge is -2.17. The molecule has 8 nitrogen and oxygen atoms in total. The van der Waals surface area contributed by atoms with Crippen LogP contribution < -0.4 is 10.6 Å². The van der Waals surface area contributed by atoms with Crippen molar-refractivity contribution in [2.24, 2.45) is 4.99 Å².